The molecule has 0 aliphatic heterocycles. The Bertz CT molecular complexity index is 296. The Labute approximate surface area is 107 Å². The molecule has 4 unspecified atom stereocenters. The van der Waals surface area contributed by atoms with Crippen LogP contribution in [0.3, 0.4) is 0 Å². The topological polar surface area (TPSA) is 98.0 Å². The summed E-state index contributed by atoms with van der Waals surface area (Å²) >= 11 is 0. The minimum Gasteiger partial charge on any atom is -0.396 e. The second-order valence-corrected chi connectivity index (χ2v) is 4.25. The number of aliphatic hydroxyl groups is 4. The Kier molecular flexibility index (Phi) is 8.49. The van der Waals surface area contributed by atoms with Crippen molar-refractivity contribution >= 4 is 5.78 Å². The first kappa shape index (κ1) is 17.0. The van der Waals surface area contributed by atoms with Gasteiger partial charge < -0.3 is 20.4 Å². The van der Waals surface area contributed by atoms with Crippen LogP contribution in [0.4, 0.5) is 0 Å². The van der Waals surface area contributed by atoms with Crippen LogP contribution in [0, 0.1) is 5.92 Å². The largest absolute Gasteiger partial charge is 0.396 e. The Morgan fingerprint density at radius 3 is 2.28 bits per heavy atom. The van der Waals surface area contributed by atoms with E-state index < -0.39 is 24.2 Å². The van der Waals surface area contributed by atoms with Crippen molar-refractivity contribution in [1.29, 1.82) is 0 Å². The summed E-state index contributed by atoms with van der Waals surface area (Å²) in [6.45, 7) is 2.88. The quantitative estimate of drug-likeness (QED) is 0.357. The second kappa shape index (κ2) is 8.99. The van der Waals surface area contributed by atoms with Crippen LogP contribution in [0.25, 0.3) is 0 Å². The van der Waals surface area contributed by atoms with E-state index in [9.17, 15) is 15.0 Å². The highest BCUT2D eigenvalue weighted by molar-refractivity contribution is 5.92. The van der Waals surface area contributed by atoms with E-state index in [0.29, 0.717) is 0 Å². The van der Waals surface area contributed by atoms with Gasteiger partial charge in [0.15, 0.2) is 5.78 Å². The molecule has 0 saturated heterocycles. The van der Waals surface area contributed by atoms with E-state index in [1.165, 1.54) is 31.2 Å². The van der Waals surface area contributed by atoms with Gasteiger partial charge in [0.1, 0.15) is 0 Å². The van der Waals surface area contributed by atoms with Crippen molar-refractivity contribution in [3.05, 3.63) is 24.3 Å². The number of ketones is 1. The highest BCUT2D eigenvalue weighted by atomic mass is 16.3. The summed E-state index contributed by atoms with van der Waals surface area (Å²) in [6.07, 6.45) is 3.02. The van der Waals surface area contributed by atoms with Gasteiger partial charge in [-0.1, -0.05) is 25.2 Å². The Balaban J connectivity index is 4.23. The smallest absolute Gasteiger partial charge is 0.161 e. The summed E-state index contributed by atoms with van der Waals surface area (Å²) in [5.41, 5.74) is 0. The SMILES string of the molecule is CC(O)C(O)/C=C/C=C/C(=O)C(C)C(O)CCO. The van der Waals surface area contributed by atoms with Crippen LogP contribution >= 0.6 is 0 Å². The fraction of sp³-hybridized carbons (Fsp3) is 0.615. The second-order valence-electron chi connectivity index (χ2n) is 4.25. The van der Waals surface area contributed by atoms with E-state index in [4.69, 9.17) is 10.2 Å². The molecule has 4 N–H and O–H groups in total. The van der Waals surface area contributed by atoms with Gasteiger partial charge in [0, 0.05) is 12.5 Å². The van der Waals surface area contributed by atoms with Crippen molar-refractivity contribution in [3.8, 4) is 0 Å². The van der Waals surface area contributed by atoms with Crippen LogP contribution in [0.15, 0.2) is 24.3 Å². The highest BCUT2D eigenvalue weighted by Gasteiger charge is 2.18. The predicted octanol–water partition coefficient (Wildman–Crippen LogP) is -0.211. The highest BCUT2D eigenvalue weighted by Crippen LogP contribution is 2.08. The molecule has 0 radical (unpaired) electrons. The molecular formula is C13H22O5. The number of carbonyl (C=O) groups is 1. The predicted molar refractivity (Wildman–Crippen MR) is 67.8 cm³/mol. The standard InChI is InChI=1S/C13H22O5/c1-9(12(17)7-8-14)11(16)5-3-4-6-13(18)10(2)15/h3-6,9-10,12-15,17-18H,7-8H2,1-2H3/b5-3+,6-4+. The molecule has 104 valence electrons. The molecular weight excluding hydrogens is 236 g/mol. The number of rotatable bonds is 8. The molecule has 0 fully saturated rings. The number of hydrogen-bond donors (Lipinski definition) is 4. The van der Waals surface area contributed by atoms with Gasteiger partial charge in [-0.05, 0) is 19.4 Å². The van der Waals surface area contributed by atoms with E-state index in [-0.39, 0.29) is 18.8 Å². The number of carbonyl (C=O) groups excluding carboxylic acids is 1. The molecule has 0 aromatic rings. The van der Waals surface area contributed by atoms with Gasteiger partial charge in [-0.3, -0.25) is 4.79 Å². The van der Waals surface area contributed by atoms with Crippen LogP contribution in [0.5, 0.6) is 0 Å². The fourth-order valence-corrected chi connectivity index (χ4v) is 1.21. The van der Waals surface area contributed by atoms with Crippen molar-refractivity contribution in [1.82, 2.24) is 0 Å². The van der Waals surface area contributed by atoms with Crippen molar-refractivity contribution in [2.75, 3.05) is 6.61 Å². The fourth-order valence-electron chi connectivity index (χ4n) is 1.21. The Morgan fingerprint density at radius 2 is 1.78 bits per heavy atom. The van der Waals surface area contributed by atoms with E-state index in [1.807, 2.05) is 0 Å². The molecule has 0 rings (SSSR count). The van der Waals surface area contributed by atoms with Crippen LogP contribution in [0.1, 0.15) is 20.3 Å². The van der Waals surface area contributed by atoms with Gasteiger partial charge in [0.2, 0.25) is 0 Å². The summed E-state index contributed by atoms with van der Waals surface area (Å²) in [5, 5.41) is 36.4. The molecule has 0 spiro atoms. The molecule has 5 heteroatoms. The lowest BCUT2D eigenvalue weighted by atomic mass is 9.97. The van der Waals surface area contributed by atoms with E-state index in [0.717, 1.165) is 0 Å². The zero-order chi connectivity index (χ0) is 14.1. The molecule has 0 aliphatic rings. The summed E-state index contributed by atoms with van der Waals surface area (Å²) < 4.78 is 0. The van der Waals surface area contributed by atoms with Crippen LogP contribution in [0.2, 0.25) is 0 Å². The minimum absolute atomic E-state index is 0.164. The molecule has 0 aromatic carbocycles. The number of aliphatic hydroxyl groups excluding tert-OH is 4. The van der Waals surface area contributed by atoms with Gasteiger partial charge in [0.05, 0.1) is 18.3 Å². The van der Waals surface area contributed by atoms with Gasteiger partial charge in [-0.15, -0.1) is 0 Å². The zero-order valence-corrected chi connectivity index (χ0v) is 10.7. The maximum Gasteiger partial charge on any atom is 0.161 e. The van der Waals surface area contributed by atoms with Crippen LogP contribution in [-0.4, -0.2) is 51.1 Å². The molecule has 4 atom stereocenters. The van der Waals surface area contributed by atoms with Crippen LogP contribution < -0.4 is 0 Å². The normalized spacial score (nSPS) is 19.0. The van der Waals surface area contributed by atoms with Gasteiger partial charge in [-0.25, -0.2) is 0 Å². The molecule has 0 amide bonds. The summed E-state index contributed by atoms with van der Waals surface area (Å²) in [5.74, 6) is -0.837. The van der Waals surface area contributed by atoms with Crippen LogP contribution in [-0.2, 0) is 4.79 Å². The molecule has 5 nitrogen and oxygen atoms in total. The number of allylic oxidation sites excluding steroid dienone is 3. The minimum atomic E-state index is -0.970. The van der Waals surface area contributed by atoms with Gasteiger partial charge >= 0.3 is 0 Å². The van der Waals surface area contributed by atoms with E-state index in [1.54, 1.807) is 6.92 Å². The first-order valence-electron chi connectivity index (χ1n) is 5.94. The first-order valence-corrected chi connectivity index (χ1v) is 5.94. The van der Waals surface area contributed by atoms with Crippen molar-refractivity contribution in [3.63, 3.8) is 0 Å². The number of hydrogen-bond acceptors (Lipinski definition) is 5. The Morgan fingerprint density at radius 1 is 1.17 bits per heavy atom. The lowest BCUT2D eigenvalue weighted by molar-refractivity contribution is -0.121. The van der Waals surface area contributed by atoms with E-state index >= 15 is 0 Å². The lowest BCUT2D eigenvalue weighted by Gasteiger charge is -2.14. The third-order valence-corrected chi connectivity index (χ3v) is 2.62. The molecule has 18 heavy (non-hydrogen) atoms. The third-order valence-electron chi connectivity index (χ3n) is 2.62. The average Bonchev–Trinajstić information content (AvgIpc) is 2.33. The van der Waals surface area contributed by atoms with E-state index in [2.05, 4.69) is 0 Å². The molecule has 0 aliphatic carbocycles. The maximum absolute atomic E-state index is 11.6. The van der Waals surface area contributed by atoms with Crippen molar-refractivity contribution < 1.29 is 25.2 Å². The van der Waals surface area contributed by atoms with Crippen molar-refractivity contribution in [2.24, 2.45) is 5.92 Å². The third kappa shape index (κ3) is 6.66. The van der Waals surface area contributed by atoms with Gasteiger partial charge in [0.25, 0.3) is 0 Å². The monoisotopic (exact) mass is 258 g/mol. The summed E-state index contributed by atoms with van der Waals surface area (Å²) in [7, 11) is 0. The Hall–Kier alpha value is -1.01. The molecule has 0 aromatic heterocycles. The van der Waals surface area contributed by atoms with Gasteiger partial charge in [-0.2, -0.15) is 0 Å². The molecule has 0 saturated carbocycles. The molecule has 0 heterocycles. The summed E-state index contributed by atoms with van der Waals surface area (Å²) in [4.78, 5) is 11.6. The maximum atomic E-state index is 11.6. The zero-order valence-electron chi connectivity index (χ0n) is 10.7. The van der Waals surface area contributed by atoms with Crippen molar-refractivity contribution in [2.45, 2.75) is 38.6 Å². The first-order chi connectivity index (χ1) is 8.40. The molecule has 0 bridgehead atoms. The average molecular weight is 258 g/mol. The summed E-state index contributed by atoms with van der Waals surface area (Å²) in [6, 6.07) is 0. The lowest BCUT2D eigenvalue weighted by Crippen LogP contribution is -2.25.